The summed E-state index contributed by atoms with van der Waals surface area (Å²) in [6.45, 7) is 7.91. The van der Waals surface area contributed by atoms with Crippen LogP contribution >= 0.6 is 23.1 Å². The fraction of sp³-hybridized carbons (Fsp3) is 0.524. The number of hydrogen-bond donors (Lipinski definition) is 1. The summed E-state index contributed by atoms with van der Waals surface area (Å²) >= 11 is 2.87. The van der Waals surface area contributed by atoms with Gasteiger partial charge < -0.3 is 10.1 Å². The minimum Gasteiger partial charge on any atom is -0.462 e. The van der Waals surface area contributed by atoms with Gasteiger partial charge in [-0.05, 0) is 64.5 Å². The highest BCUT2D eigenvalue weighted by molar-refractivity contribution is 8.00. The maximum atomic E-state index is 13.0. The molecule has 1 atom stereocenters. The lowest BCUT2D eigenvalue weighted by Crippen LogP contribution is -2.25. The minimum absolute atomic E-state index is 0.135. The minimum atomic E-state index is -0.347. The van der Waals surface area contributed by atoms with E-state index in [1.165, 1.54) is 28.0 Å². The topological polar surface area (TPSA) is 81.2 Å². The molecule has 1 aliphatic rings. The van der Waals surface area contributed by atoms with Crippen molar-refractivity contribution in [2.75, 3.05) is 11.9 Å². The Bertz CT molecular complexity index is 891. The van der Waals surface area contributed by atoms with E-state index >= 15 is 0 Å². The van der Waals surface area contributed by atoms with Crippen LogP contribution in [0, 0.1) is 13.8 Å². The quantitative estimate of drug-likeness (QED) is 0.387. The van der Waals surface area contributed by atoms with Crippen LogP contribution in [-0.2, 0) is 22.4 Å². The number of amides is 1. The van der Waals surface area contributed by atoms with Gasteiger partial charge in [0.2, 0.25) is 5.91 Å². The van der Waals surface area contributed by atoms with Crippen molar-refractivity contribution in [1.29, 1.82) is 0 Å². The van der Waals surface area contributed by atoms with Gasteiger partial charge in [0, 0.05) is 16.3 Å². The number of rotatable bonds is 7. The molecule has 0 fully saturated rings. The van der Waals surface area contributed by atoms with E-state index in [9.17, 15) is 9.59 Å². The molecule has 2 aromatic rings. The van der Waals surface area contributed by atoms with Gasteiger partial charge in [-0.3, -0.25) is 4.79 Å². The largest absolute Gasteiger partial charge is 0.462 e. The highest BCUT2D eigenvalue weighted by Gasteiger charge is 2.29. The van der Waals surface area contributed by atoms with E-state index in [0.717, 1.165) is 42.6 Å². The average Bonchev–Trinajstić information content (AvgIpc) is 3.03. The molecule has 0 aromatic carbocycles. The number of aryl methyl sites for hydroxylation is 3. The molecule has 0 saturated carbocycles. The average molecular weight is 434 g/mol. The number of fused-ring (bicyclic) bond motifs is 1. The summed E-state index contributed by atoms with van der Waals surface area (Å²) in [6, 6.07) is 1.91. The number of thioether (sulfide) groups is 1. The first-order chi connectivity index (χ1) is 13.9. The molecule has 2 aromatic heterocycles. The number of hydrogen-bond acceptors (Lipinski definition) is 7. The van der Waals surface area contributed by atoms with Crippen LogP contribution in [0.3, 0.4) is 0 Å². The molecule has 0 unspecified atom stereocenters. The summed E-state index contributed by atoms with van der Waals surface area (Å²) in [5, 5.41) is 3.88. The van der Waals surface area contributed by atoms with Crippen molar-refractivity contribution in [1.82, 2.24) is 9.97 Å². The van der Waals surface area contributed by atoms with Crippen molar-refractivity contribution in [3.8, 4) is 0 Å². The van der Waals surface area contributed by atoms with Crippen molar-refractivity contribution >= 4 is 40.0 Å². The Balaban J connectivity index is 1.83. The Morgan fingerprint density at radius 3 is 2.55 bits per heavy atom. The van der Waals surface area contributed by atoms with Crippen molar-refractivity contribution in [2.45, 2.75) is 70.2 Å². The third-order valence-corrected chi connectivity index (χ3v) is 7.19. The summed E-state index contributed by atoms with van der Waals surface area (Å²) in [7, 11) is 0. The van der Waals surface area contributed by atoms with E-state index in [1.54, 1.807) is 6.92 Å². The number of carbonyl (C=O) groups is 2. The highest BCUT2D eigenvalue weighted by Crippen LogP contribution is 2.39. The summed E-state index contributed by atoms with van der Waals surface area (Å²) in [6.07, 6.45) is 4.61. The van der Waals surface area contributed by atoms with Crippen molar-refractivity contribution in [3.05, 3.63) is 33.5 Å². The van der Waals surface area contributed by atoms with E-state index in [0.29, 0.717) is 28.7 Å². The molecule has 0 radical (unpaired) electrons. The highest BCUT2D eigenvalue weighted by atomic mass is 32.2. The van der Waals surface area contributed by atoms with Gasteiger partial charge in [-0.2, -0.15) is 0 Å². The summed E-state index contributed by atoms with van der Waals surface area (Å²) < 4.78 is 5.27. The molecule has 6 nitrogen and oxygen atoms in total. The molecule has 0 saturated heterocycles. The first kappa shape index (κ1) is 21.8. The molecule has 29 heavy (non-hydrogen) atoms. The van der Waals surface area contributed by atoms with E-state index in [4.69, 9.17) is 4.74 Å². The van der Waals surface area contributed by atoms with Crippen molar-refractivity contribution in [3.63, 3.8) is 0 Å². The van der Waals surface area contributed by atoms with Gasteiger partial charge >= 0.3 is 5.97 Å². The maximum Gasteiger partial charge on any atom is 0.341 e. The number of carbonyl (C=O) groups excluding carboxylic acids is 2. The van der Waals surface area contributed by atoms with Gasteiger partial charge in [0.1, 0.15) is 5.00 Å². The summed E-state index contributed by atoms with van der Waals surface area (Å²) in [5.74, 6) is -0.482. The van der Waals surface area contributed by atoms with E-state index < -0.39 is 0 Å². The Labute approximate surface area is 179 Å². The lowest BCUT2D eigenvalue weighted by molar-refractivity contribution is -0.115. The number of thiophene rings is 1. The Hall–Kier alpha value is -1.93. The van der Waals surface area contributed by atoms with Crippen LogP contribution in [-0.4, -0.2) is 33.7 Å². The predicted octanol–water partition coefficient (Wildman–Crippen LogP) is 4.72. The molecular weight excluding hydrogens is 406 g/mol. The van der Waals surface area contributed by atoms with Crippen molar-refractivity contribution < 1.29 is 14.3 Å². The maximum absolute atomic E-state index is 13.0. The predicted molar refractivity (Wildman–Crippen MR) is 117 cm³/mol. The monoisotopic (exact) mass is 433 g/mol. The van der Waals surface area contributed by atoms with Gasteiger partial charge in [0.15, 0.2) is 5.16 Å². The number of aromatic nitrogens is 2. The molecular formula is C21H27N3O3S2. The molecule has 1 aliphatic carbocycles. The zero-order chi connectivity index (χ0) is 21.0. The van der Waals surface area contributed by atoms with Gasteiger partial charge in [0.05, 0.1) is 17.4 Å². The second kappa shape index (κ2) is 9.71. The second-order valence-electron chi connectivity index (χ2n) is 7.07. The zero-order valence-electron chi connectivity index (χ0n) is 17.3. The Morgan fingerprint density at radius 1 is 1.21 bits per heavy atom. The normalized spacial score (nSPS) is 14.2. The molecule has 3 rings (SSSR count). The number of esters is 1. The number of ether oxygens (including phenoxy) is 1. The van der Waals surface area contributed by atoms with E-state index in [2.05, 4.69) is 15.3 Å². The van der Waals surface area contributed by atoms with Gasteiger partial charge in [0.25, 0.3) is 0 Å². The van der Waals surface area contributed by atoms with E-state index in [1.807, 2.05) is 26.8 Å². The molecule has 0 bridgehead atoms. The Kier molecular flexibility index (Phi) is 7.29. The lowest BCUT2D eigenvalue weighted by atomic mass is 9.95. The van der Waals surface area contributed by atoms with E-state index in [-0.39, 0.29) is 17.1 Å². The van der Waals surface area contributed by atoms with Gasteiger partial charge in [-0.15, -0.1) is 11.3 Å². The van der Waals surface area contributed by atoms with Crippen LogP contribution in [0.1, 0.15) is 65.3 Å². The van der Waals surface area contributed by atoms with Gasteiger partial charge in [-0.25, -0.2) is 14.8 Å². The molecule has 156 valence electrons. The first-order valence-corrected chi connectivity index (χ1v) is 11.7. The Morgan fingerprint density at radius 2 is 1.90 bits per heavy atom. The number of anilines is 1. The summed E-state index contributed by atoms with van der Waals surface area (Å²) in [4.78, 5) is 35.7. The van der Waals surface area contributed by atoms with Crippen LogP contribution in [0.25, 0.3) is 0 Å². The summed E-state index contributed by atoms with van der Waals surface area (Å²) in [5.41, 5.74) is 3.35. The van der Waals surface area contributed by atoms with Gasteiger partial charge in [-0.1, -0.05) is 18.7 Å². The molecule has 1 amide bonds. The van der Waals surface area contributed by atoms with Crippen molar-refractivity contribution in [2.24, 2.45) is 0 Å². The van der Waals surface area contributed by atoms with Crippen LogP contribution in [0.2, 0.25) is 0 Å². The second-order valence-corrected chi connectivity index (χ2v) is 9.35. The zero-order valence-corrected chi connectivity index (χ0v) is 19.0. The number of nitrogens with one attached hydrogen (secondary N) is 1. The standard InChI is InChI=1S/C21H27N3O3S2/c1-5-15(29-21-22-12(3)11-13(4)23-21)18(25)24-19-17(20(26)27-6-2)14-9-7-8-10-16(14)28-19/h11,15H,5-10H2,1-4H3,(H,24,25)/t15-/m0/s1. The van der Waals surface area contributed by atoms with Crippen LogP contribution in [0.5, 0.6) is 0 Å². The fourth-order valence-electron chi connectivity index (χ4n) is 3.46. The smallest absolute Gasteiger partial charge is 0.341 e. The molecule has 0 spiro atoms. The molecule has 2 heterocycles. The van der Waals surface area contributed by atoms with Crippen LogP contribution in [0.4, 0.5) is 5.00 Å². The van der Waals surface area contributed by atoms with Crippen LogP contribution in [0.15, 0.2) is 11.2 Å². The first-order valence-electron chi connectivity index (χ1n) is 10.0. The lowest BCUT2D eigenvalue weighted by Gasteiger charge is -2.15. The molecule has 8 heteroatoms. The number of nitrogens with zero attached hydrogens (tertiary/aromatic N) is 2. The third kappa shape index (κ3) is 5.17. The van der Waals surface area contributed by atoms with Crippen LogP contribution < -0.4 is 5.32 Å². The molecule has 0 aliphatic heterocycles. The molecule has 1 N–H and O–H groups in total. The third-order valence-electron chi connectivity index (χ3n) is 4.76. The SMILES string of the molecule is CCOC(=O)c1c(NC(=O)[C@H](CC)Sc2nc(C)cc(C)n2)sc2c1CCCC2. The fourth-order valence-corrected chi connectivity index (χ4v) is 5.72.